The molecule has 0 saturated carbocycles. The van der Waals surface area contributed by atoms with Crippen LogP contribution in [0.25, 0.3) is 23.1 Å². The number of aromatic nitrogens is 3. The Morgan fingerprint density at radius 2 is 2.00 bits per heavy atom. The number of fused-ring (bicyclic) bond motifs is 1. The van der Waals surface area contributed by atoms with E-state index in [1.54, 1.807) is 38.3 Å². The maximum absolute atomic E-state index is 12.0. The number of rotatable bonds is 2. The fraction of sp³-hybridized carbons (Fsp3) is 0.133. The van der Waals surface area contributed by atoms with Gasteiger partial charge in [0.1, 0.15) is 0 Å². The lowest BCUT2D eigenvalue weighted by atomic mass is 10.1. The van der Waals surface area contributed by atoms with Crippen molar-refractivity contribution in [2.24, 2.45) is 7.05 Å². The molecular formula is C15H11Cl2N3O2. The number of aryl methyl sites for hydroxylation is 2. The van der Waals surface area contributed by atoms with Crippen LogP contribution in [0.1, 0.15) is 17.0 Å². The van der Waals surface area contributed by atoms with Gasteiger partial charge in [0.15, 0.2) is 11.3 Å². The number of nitrogens with zero attached hydrogens (tertiary/aromatic N) is 3. The SMILES string of the molecule is Cc1nn(C)c(=O)c2noc(C=Cc3ccc(Cl)c(Cl)c3)c12. The van der Waals surface area contributed by atoms with Gasteiger partial charge in [0.25, 0.3) is 5.56 Å². The number of halogens is 2. The Kier molecular flexibility index (Phi) is 3.76. The van der Waals surface area contributed by atoms with E-state index in [-0.39, 0.29) is 11.1 Å². The molecule has 2 heterocycles. The molecule has 0 N–H and O–H groups in total. The van der Waals surface area contributed by atoms with Crippen molar-refractivity contribution in [3.63, 3.8) is 0 Å². The summed E-state index contributed by atoms with van der Waals surface area (Å²) in [4.78, 5) is 12.0. The molecule has 3 rings (SSSR count). The lowest BCUT2D eigenvalue weighted by Crippen LogP contribution is -2.20. The van der Waals surface area contributed by atoms with E-state index in [1.807, 2.05) is 6.07 Å². The molecule has 0 aliphatic rings. The third kappa shape index (κ3) is 2.53. The summed E-state index contributed by atoms with van der Waals surface area (Å²) in [6, 6.07) is 5.28. The molecule has 0 atom stereocenters. The summed E-state index contributed by atoms with van der Waals surface area (Å²) in [6.07, 6.45) is 3.53. The number of benzene rings is 1. The predicted molar refractivity (Wildman–Crippen MR) is 87.2 cm³/mol. The highest BCUT2D eigenvalue weighted by Crippen LogP contribution is 2.25. The maximum atomic E-state index is 12.0. The summed E-state index contributed by atoms with van der Waals surface area (Å²) in [7, 11) is 1.58. The highest BCUT2D eigenvalue weighted by atomic mass is 35.5. The summed E-state index contributed by atoms with van der Waals surface area (Å²) >= 11 is 11.9. The molecule has 112 valence electrons. The summed E-state index contributed by atoms with van der Waals surface area (Å²) in [6.45, 7) is 1.80. The Labute approximate surface area is 135 Å². The smallest absolute Gasteiger partial charge is 0.296 e. The second-order valence-corrected chi connectivity index (χ2v) is 5.61. The van der Waals surface area contributed by atoms with Crippen molar-refractivity contribution in [1.29, 1.82) is 0 Å². The van der Waals surface area contributed by atoms with Gasteiger partial charge >= 0.3 is 0 Å². The molecule has 0 saturated heterocycles. The van der Waals surface area contributed by atoms with Gasteiger partial charge in [0.05, 0.1) is 21.1 Å². The molecule has 0 fully saturated rings. The van der Waals surface area contributed by atoms with Crippen LogP contribution < -0.4 is 5.56 Å². The van der Waals surface area contributed by atoms with E-state index >= 15 is 0 Å². The zero-order chi connectivity index (χ0) is 15.9. The van der Waals surface area contributed by atoms with Gasteiger partial charge < -0.3 is 4.52 Å². The van der Waals surface area contributed by atoms with E-state index < -0.39 is 0 Å². The van der Waals surface area contributed by atoms with Gasteiger partial charge in [-0.25, -0.2) is 4.68 Å². The molecular weight excluding hydrogens is 325 g/mol. The van der Waals surface area contributed by atoms with Crippen molar-refractivity contribution < 1.29 is 4.52 Å². The van der Waals surface area contributed by atoms with Crippen LogP contribution in [0, 0.1) is 6.92 Å². The zero-order valence-corrected chi connectivity index (χ0v) is 13.3. The monoisotopic (exact) mass is 335 g/mol. The van der Waals surface area contributed by atoms with Crippen LogP contribution in [-0.2, 0) is 7.05 Å². The van der Waals surface area contributed by atoms with Gasteiger partial charge in [-0.1, -0.05) is 40.5 Å². The first-order valence-corrected chi connectivity index (χ1v) is 7.19. The Morgan fingerprint density at radius 1 is 1.23 bits per heavy atom. The molecule has 22 heavy (non-hydrogen) atoms. The minimum atomic E-state index is -0.293. The Bertz CT molecular complexity index is 957. The van der Waals surface area contributed by atoms with E-state index in [9.17, 15) is 4.79 Å². The van der Waals surface area contributed by atoms with Gasteiger partial charge in [-0.15, -0.1) is 0 Å². The quantitative estimate of drug-likeness (QED) is 0.716. The van der Waals surface area contributed by atoms with E-state index in [0.29, 0.717) is 26.9 Å². The van der Waals surface area contributed by atoms with Crippen molar-refractivity contribution in [3.05, 3.63) is 55.6 Å². The third-order valence-electron chi connectivity index (χ3n) is 3.25. The molecule has 0 radical (unpaired) electrons. The van der Waals surface area contributed by atoms with Crippen molar-refractivity contribution in [3.8, 4) is 0 Å². The Balaban J connectivity index is 2.08. The van der Waals surface area contributed by atoms with Crippen LogP contribution >= 0.6 is 23.2 Å². The summed E-state index contributed by atoms with van der Waals surface area (Å²) in [5.41, 5.74) is 1.50. The van der Waals surface area contributed by atoms with E-state index in [4.69, 9.17) is 27.7 Å². The zero-order valence-electron chi connectivity index (χ0n) is 11.8. The molecule has 0 spiro atoms. The Morgan fingerprint density at radius 3 is 2.73 bits per heavy atom. The van der Waals surface area contributed by atoms with Gasteiger partial charge in [-0.3, -0.25) is 4.79 Å². The molecule has 2 aromatic heterocycles. The molecule has 0 unspecified atom stereocenters. The first kappa shape index (κ1) is 14.8. The molecule has 7 heteroatoms. The van der Waals surface area contributed by atoms with Crippen molar-refractivity contribution in [1.82, 2.24) is 14.9 Å². The van der Waals surface area contributed by atoms with E-state index in [2.05, 4.69) is 10.3 Å². The molecule has 5 nitrogen and oxygen atoms in total. The topological polar surface area (TPSA) is 60.9 Å². The Hall–Kier alpha value is -2.11. The standard InChI is InChI=1S/C15H11Cl2N3O2/c1-8-13-12(22-19-14(13)15(21)20(2)18-8)6-4-9-3-5-10(16)11(17)7-9/h3-7H,1-2H3. The van der Waals surface area contributed by atoms with Gasteiger partial charge in [-0.05, 0) is 30.7 Å². The number of hydrogen-bond donors (Lipinski definition) is 0. The first-order valence-electron chi connectivity index (χ1n) is 6.44. The second kappa shape index (κ2) is 5.59. The van der Waals surface area contributed by atoms with Crippen molar-refractivity contribution in [2.45, 2.75) is 6.92 Å². The van der Waals surface area contributed by atoms with Gasteiger partial charge in [-0.2, -0.15) is 5.10 Å². The molecule has 0 aliphatic heterocycles. The van der Waals surface area contributed by atoms with Gasteiger partial charge in [0.2, 0.25) is 0 Å². The summed E-state index contributed by atoms with van der Waals surface area (Å²) in [5, 5.41) is 9.56. The largest absolute Gasteiger partial charge is 0.355 e. The van der Waals surface area contributed by atoms with Crippen LogP contribution in [0.3, 0.4) is 0 Å². The second-order valence-electron chi connectivity index (χ2n) is 4.79. The number of hydrogen-bond acceptors (Lipinski definition) is 4. The predicted octanol–water partition coefficient (Wildman–Crippen LogP) is 3.71. The molecule has 0 amide bonds. The lowest BCUT2D eigenvalue weighted by molar-refractivity contribution is 0.420. The van der Waals surface area contributed by atoms with Crippen molar-refractivity contribution >= 4 is 46.3 Å². The molecule has 0 bridgehead atoms. The fourth-order valence-corrected chi connectivity index (χ4v) is 2.48. The lowest BCUT2D eigenvalue weighted by Gasteiger charge is -1.99. The average molecular weight is 336 g/mol. The summed E-state index contributed by atoms with van der Waals surface area (Å²) < 4.78 is 6.50. The molecule has 3 aromatic rings. The third-order valence-corrected chi connectivity index (χ3v) is 3.99. The van der Waals surface area contributed by atoms with Crippen LogP contribution in [0.5, 0.6) is 0 Å². The van der Waals surface area contributed by atoms with Crippen LogP contribution in [0.4, 0.5) is 0 Å². The van der Waals surface area contributed by atoms with E-state index in [1.165, 1.54) is 4.68 Å². The molecule has 0 aliphatic carbocycles. The minimum absolute atomic E-state index is 0.267. The fourth-order valence-electron chi connectivity index (χ4n) is 2.17. The highest BCUT2D eigenvalue weighted by molar-refractivity contribution is 6.42. The summed E-state index contributed by atoms with van der Waals surface area (Å²) in [5.74, 6) is 0.476. The highest BCUT2D eigenvalue weighted by Gasteiger charge is 2.14. The average Bonchev–Trinajstić information content (AvgIpc) is 2.91. The van der Waals surface area contributed by atoms with Crippen molar-refractivity contribution in [2.75, 3.05) is 0 Å². The normalized spacial score (nSPS) is 11.6. The first-order chi connectivity index (χ1) is 10.5. The van der Waals surface area contributed by atoms with Crippen LogP contribution in [-0.4, -0.2) is 14.9 Å². The maximum Gasteiger partial charge on any atom is 0.296 e. The molecule has 1 aromatic carbocycles. The van der Waals surface area contributed by atoms with E-state index in [0.717, 1.165) is 5.56 Å². The van der Waals surface area contributed by atoms with Crippen LogP contribution in [0.15, 0.2) is 27.5 Å². The van der Waals surface area contributed by atoms with Gasteiger partial charge in [0, 0.05) is 7.05 Å². The minimum Gasteiger partial charge on any atom is -0.355 e. The van der Waals surface area contributed by atoms with Crippen LogP contribution in [0.2, 0.25) is 10.0 Å².